The van der Waals surface area contributed by atoms with Crippen LogP contribution in [0.3, 0.4) is 0 Å². The van der Waals surface area contributed by atoms with E-state index in [-0.39, 0.29) is 16.3 Å². The number of aromatic nitrogens is 1. The second kappa shape index (κ2) is 8.35. The summed E-state index contributed by atoms with van der Waals surface area (Å²) in [6.07, 6.45) is -3.24. The maximum atomic E-state index is 13.0. The Morgan fingerprint density at radius 3 is 2.71 bits per heavy atom. The normalized spacial score (nSPS) is 11.9. The van der Waals surface area contributed by atoms with Crippen LogP contribution in [0.15, 0.2) is 58.5 Å². The zero-order valence-corrected chi connectivity index (χ0v) is 17.0. The minimum atomic E-state index is -4.56. The first-order valence-electron chi connectivity index (χ1n) is 7.73. The molecule has 2 aromatic carbocycles. The molecular weight excluding hydrogens is 475 g/mol. The molecule has 1 N–H and O–H groups in total. The van der Waals surface area contributed by atoms with Crippen molar-refractivity contribution in [1.29, 1.82) is 5.26 Å². The number of nitrogens with zero attached hydrogens (tertiary/aromatic N) is 2. The number of alkyl halides is 3. The number of hydrogen-bond donors (Lipinski definition) is 1. The molecule has 0 radical (unpaired) electrons. The van der Waals surface area contributed by atoms with Crippen molar-refractivity contribution in [2.75, 3.05) is 5.32 Å². The average Bonchev–Trinajstić information content (AvgIpc) is 3.12. The Bertz CT molecular complexity index is 1090. The fourth-order valence-electron chi connectivity index (χ4n) is 2.31. The van der Waals surface area contributed by atoms with E-state index < -0.39 is 11.7 Å². The second-order valence-corrected chi connectivity index (χ2v) is 7.74. The average molecular weight is 485 g/mol. The van der Waals surface area contributed by atoms with Crippen LogP contribution >= 0.6 is 38.9 Å². The summed E-state index contributed by atoms with van der Waals surface area (Å²) in [6.45, 7) is 0. The quantitative estimate of drug-likeness (QED) is 0.398. The van der Waals surface area contributed by atoms with Crippen molar-refractivity contribution in [3.8, 4) is 17.3 Å². The van der Waals surface area contributed by atoms with Gasteiger partial charge in [0.1, 0.15) is 16.6 Å². The van der Waals surface area contributed by atoms with Gasteiger partial charge in [-0.3, -0.25) is 0 Å². The lowest BCUT2D eigenvalue weighted by Crippen LogP contribution is -2.06. The highest BCUT2D eigenvalue weighted by molar-refractivity contribution is 9.10. The van der Waals surface area contributed by atoms with Gasteiger partial charge in [-0.25, -0.2) is 4.98 Å². The van der Waals surface area contributed by atoms with Crippen LogP contribution in [0.5, 0.6) is 0 Å². The molecule has 0 saturated carbocycles. The van der Waals surface area contributed by atoms with Crippen LogP contribution < -0.4 is 5.32 Å². The Labute approximate surface area is 176 Å². The molecule has 0 saturated heterocycles. The van der Waals surface area contributed by atoms with Gasteiger partial charge in [-0.1, -0.05) is 39.7 Å². The third-order valence-corrected chi connectivity index (χ3v) is 5.33. The molecule has 0 aliphatic rings. The lowest BCUT2D eigenvalue weighted by molar-refractivity contribution is -0.137. The minimum Gasteiger partial charge on any atom is -0.360 e. The standard InChI is InChI=1S/C19H10BrClF3N3S/c20-13-3-1-2-11(6-13)17-10-28-18(27-17)12(8-25)9-26-14-4-5-16(21)15(7-14)19(22,23)24/h1-7,9-10,26H. The van der Waals surface area contributed by atoms with Gasteiger partial charge in [0.2, 0.25) is 0 Å². The van der Waals surface area contributed by atoms with Gasteiger partial charge >= 0.3 is 6.18 Å². The van der Waals surface area contributed by atoms with Crippen molar-refractivity contribution >= 4 is 50.1 Å². The van der Waals surface area contributed by atoms with Gasteiger partial charge in [0.05, 0.1) is 16.3 Å². The lowest BCUT2D eigenvalue weighted by atomic mass is 10.2. The molecule has 3 rings (SSSR count). The summed E-state index contributed by atoms with van der Waals surface area (Å²) >= 11 is 10.3. The smallest absolute Gasteiger partial charge is 0.360 e. The van der Waals surface area contributed by atoms with Gasteiger partial charge in [-0.2, -0.15) is 18.4 Å². The minimum absolute atomic E-state index is 0.160. The third kappa shape index (κ3) is 4.73. The van der Waals surface area contributed by atoms with Crippen molar-refractivity contribution < 1.29 is 13.2 Å². The van der Waals surface area contributed by atoms with E-state index in [1.54, 1.807) is 0 Å². The summed E-state index contributed by atoms with van der Waals surface area (Å²) in [5, 5.41) is 14.0. The van der Waals surface area contributed by atoms with E-state index >= 15 is 0 Å². The molecule has 9 heteroatoms. The van der Waals surface area contributed by atoms with E-state index in [1.165, 1.54) is 23.6 Å². The fraction of sp³-hybridized carbons (Fsp3) is 0.0526. The highest BCUT2D eigenvalue weighted by Gasteiger charge is 2.33. The number of allylic oxidation sites excluding steroid dienone is 1. The number of hydrogen-bond acceptors (Lipinski definition) is 4. The number of nitrogens with one attached hydrogen (secondary N) is 1. The van der Waals surface area contributed by atoms with Crippen LogP contribution in [0.4, 0.5) is 18.9 Å². The van der Waals surface area contributed by atoms with E-state index in [2.05, 4.69) is 26.2 Å². The Hall–Kier alpha value is -2.34. The van der Waals surface area contributed by atoms with Crippen molar-refractivity contribution in [2.24, 2.45) is 0 Å². The van der Waals surface area contributed by atoms with Crippen molar-refractivity contribution in [1.82, 2.24) is 4.98 Å². The SMILES string of the molecule is N#CC(=CNc1ccc(Cl)c(C(F)(F)F)c1)c1nc(-c2cccc(Br)c2)cs1. The number of rotatable bonds is 4. The Morgan fingerprint density at radius 1 is 1.25 bits per heavy atom. The predicted octanol–water partition coefficient (Wildman–Crippen LogP) is 7.22. The molecule has 0 bridgehead atoms. The molecule has 0 unspecified atom stereocenters. The number of anilines is 1. The number of nitriles is 1. The monoisotopic (exact) mass is 483 g/mol. The zero-order valence-electron chi connectivity index (χ0n) is 13.9. The maximum absolute atomic E-state index is 13.0. The first-order chi connectivity index (χ1) is 13.3. The van der Waals surface area contributed by atoms with E-state index in [4.69, 9.17) is 11.6 Å². The first-order valence-corrected chi connectivity index (χ1v) is 9.78. The van der Waals surface area contributed by atoms with Gasteiger partial charge in [0.15, 0.2) is 0 Å². The largest absolute Gasteiger partial charge is 0.417 e. The molecule has 0 amide bonds. The Kier molecular flexibility index (Phi) is 6.08. The summed E-state index contributed by atoms with van der Waals surface area (Å²) in [4.78, 5) is 4.44. The van der Waals surface area contributed by atoms with E-state index in [0.717, 1.165) is 22.2 Å². The third-order valence-electron chi connectivity index (χ3n) is 3.63. The van der Waals surface area contributed by atoms with Gasteiger partial charge in [0.25, 0.3) is 0 Å². The van der Waals surface area contributed by atoms with Gasteiger partial charge in [-0.05, 0) is 30.3 Å². The highest BCUT2D eigenvalue weighted by atomic mass is 79.9. The molecular formula is C19H10BrClF3N3S. The van der Waals surface area contributed by atoms with E-state index in [1.807, 2.05) is 35.7 Å². The summed E-state index contributed by atoms with van der Waals surface area (Å²) in [7, 11) is 0. The fourth-order valence-corrected chi connectivity index (χ4v) is 3.73. The Balaban J connectivity index is 1.85. The number of benzene rings is 2. The Morgan fingerprint density at radius 2 is 2.04 bits per heavy atom. The van der Waals surface area contributed by atoms with Crippen molar-refractivity contribution in [3.63, 3.8) is 0 Å². The topological polar surface area (TPSA) is 48.7 Å². The van der Waals surface area contributed by atoms with Crippen molar-refractivity contribution in [2.45, 2.75) is 6.18 Å². The van der Waals surface area contributed by atoms with Crippen LogP contribution in [0.25, 0.3) is 16.8 Å². The molecule has 1 aromatic heterocycles. The molecule has 3 nitrogen and oxygen atoms in total. The van der Waals surface area contributed by atoms with Crippen LogP contribution in [0.1, 0.15) is 10.6 Å². The first kappa shape index (κ1) is 20.4. The van der Waals surface area contributed by atoms with Crippen LogP contribution in [-0.4, -0.2) is 4.98 Å². The molecule has 0 atom stereocenters. The molecule has 142 valence electrons. The summed E-state index contributed by atoms with van der Waals surface area (Å²) < 4.78 is 39.8. The van der Waals surface area contributed by atoms with Crippen LogP contribution in [0, 0.1) is 11.3 Å². The van der Waals surface area contributed by atoms with Crippen LogP contribution in [0.2, 0.25) is 5.02 Å². The maximum Gasteiger partial charge on any atom is 0.417 e. The summed E-state index contributed by atoms with van der Waals surface area (Å²) in [5.74, 6) is 0. The van der Waals surface area contributed by atoms with Gasteiger partial charge in [0, 0.05) is 27.3 Å². The van der Waals surface area contributed by atoms with Gasteiger partial charge < -0.3 is 5.32 Å². The lowest BCUT2D eigenvalue weighted by Gasteiger charge is -2.10. The molecule has 28 heavy (non-hydrogen) atoms. The molecule has 3 aromatic rings. The van der Waals surface area contributed by atoms with Crippen LogP contribution in [-0.2, 0) is 6.18 Å². The van der Waals surface area contributed by atoms with E-state index in [9.17, 15) is 18.4 Å². The second-order valence-electron chi connectivity index (χ2n) is 5.55. The van der Waals surface area contributed by atoms with E-state index in [0.29, 0.717) is 10.7 Å². The molecule has 0 fully saturated rings. The molecule has 0 aliphatic heterocycles. The zero-order chi connectivity index (χ0) is 20.3. The number of halogens is 5. The molecule has 1 heterocycles. The van der Waals surface area contributed by atoms with Crippen molar-refractivity contribution in [3.05, 3.63) is 74.1 Å². The summed E-state index contributed by atoms with van der Waals surface area (Å²) in [6, 6.07) is 13.0. The highest BCUT2D eigenvalue weighted by Crippen LogP contribution is 2.36. The van der Waals surface area contributed by atoms with Gasteiger partial charge in [-0.15, -0.1) is 11.3 Å². The number of thiazole rings is 1. The molecule has 0 aliphatic carbocycles. The summed E-state index contributed by atoms with van der Waals surface area (Å²) in [5.41, 5.74) is 1.00. The predicted molar refractivity (Wildman–Crippen MR) is 109 cm³/mol. The molecule has 0 spiro atoms.